The second-order valence-electron chi connectivity index (χ2n) is 5.29. The van der Waals surface area contributed by atoms with Crippen LogP contribution >= 0.6 is 0 Å². The van der Waals surface area contributed by atoms with Crippen molar-refractivity contribution in [3.8, 4) is 0 Å². The number of hydrogen-bond acceptors (Lipinski definition) is 1. The standard InChI is InChI=1S/C13H23NO/c1-2-12-11(9-13(15)14-12)8-10-6-4-3-5-7-10/h10-12H,2-9H2,1H3,(H,14,15). The fourth-order valence-electron chi connectivity index (χ4n) is 3.30. The van der Waals surface area contributed by atoms with Crippen molar-refractivity contribution >= 4 is 5.91 Å². The molecule has 86 valence electrons. The normalized spacial score (nSPS) is 33.0. The molecular weight excluding hydrogens is 186 g/mol. The lowest BCUT2D eigenvalue weighted by molar-refractivity contribution is -0.119. The summed E-state index contributed by atoms with van der Waals surface area (Å²) in [5, 5.41) is 3.10. The Hall–Kier alpha value is -0.530. The molecular formula is C13H23NO. The third kappa shape index (κ3) is 2.73. The van der Waals surface area contributed by atoms with Crippen LogP contribution in [0.3, 0.4) is 0 Å². The van der Waals surface area contributed by atoms with E-state index in [0.29, 0.717) is 12.0 Å². The van der Waals surface area contributed by atoms with Crippen molar-refractivity contribution in [1.82, 2.24) is 5.32 Å². The molecule has 2 heteroatoms. The Morgan fingerprint density at radius 2 is 2.00 bits per heavy atom. The molecule has 1 aliphatic heterocycles. The SMILES string of the molecule is CCC1NC(=O)CC1CC1CCCCC1. The molecule has 0 aromatic carbocycles. The Labute approximate surface area is 92.8 Å². The molecule has 2 atom stereocenters. The van der Waals surface area contributed by atoms with Crippen LogP contribution < -0.4 is 5.32 Å². The van der Waals surface area contributed by atoms with Gasteiger partial charge >= 0.3 is 0 Å². The van der Waals surface area contributed by atoms with E-state index in [9.17, 15) is 4.79 Å². The molecule has 2 fully saturated rings. The molecule has 2 nitrogen and oxygen atoms in total. The molecule has 2 rings (SSSR count). The van der Waals surface area contributed by atoms with E-state index in [1.54, 1.807) is 0 Å². The van der Waals surface area contributed by atoms with E-state index < -0.39 is 0 Å². The average molecular weight is 209 g/mol. The average Bonchev–Trinajstić information content (AvgIpc) is 2.60. The fraction of sp³-hybridized carbons (Fsp3) is 0.923. The van der Waals surface area contributed by atoms with Gasteiger partial charge < -0.3 is 5.32 Å². The van der Waals surface area contributed by atoms with Gasteiger partial charge in [-0.3, -0.25) is 4.79 Å². The topological polar surface area (TPSA) is 29.1 Å². The number of hydrogen-bond donors (Lipinski definition) is 1. The van der Waals surface area contributed by atoms with E-state index >= 15 is 0 Å². The van der Waals surface area contributed by atoms with Gasteiger partial charge in [0.2, 0.25) is 5.91 Å². The molecule has 0 aromatic rings. The van der Waals surface area contributed by atoms with Crippen molar-refractivity contribution in [3.63, 3.8) is 0 Å². The lowest BCUT2D eigenvalue weighted by Gasteiger charge is -2.26. The quantitative estimate of drug-likeness (QED) is 0.761. The van der Waals surface area contributed by atoms with Crippen molar-refractivity contribution in [2.45, 2.75) is 64.3 Å². The fourth-order valence-corrected chi connectivity index (χ4v) is 3.30. The van der Waals surface area contributed by atoms with Gasteiger partial charge in [0.25, 0.3) is 0 Å². The van der Waals surface area contributed by atoms with Crippen LogP contribution in [0.1, 0.15) is 58.3 Å². The van der Waals surface area contributed by atoms with Crippen LogP contribution in [0.2, 0.25) is 0 Å². The lowest BCUT2D eigenvalue weighted by Crippen LogP contribution is -2.29. The van der Waals surface area contributed by atoms with Gasteiger partial charge in [-0.25, -0.2) is 0 Å². The summed E-state index contributed by atoms with van der Waals surface area (Å²) >= 11 is 0. The minimum absolute atomic E-state index is 0.280. The summed E-state index contributed by atoms with van der Waals surface area (Å²) in [6.07, 6.45) is 10.2. The Morgan fingerprint density at radius 3 is 2.67 bits per heavy atom. The van der Waals surface area contributed by atoms with Crippen LogP contribution in [0.15, 0.2) is 0 Å². The van der Waals surface area contributed by atoms with Gasteiger partial charge in [0.05, 0.1) is 0 Å². The lowest BCUT2D eigenvalue weighted by atomic mass is 9.80. The molecule has 1 heterocycles. The van der Waals surface area contributed by atoms with Crippen LogP contribution in [-0.2, 0) is 4.79 Å². The van der Waals surface area contributed by atoms with E-state index in [-0.39, 0.29) is 5.91 Å². The van der Waals surface area contributed by atoms with E-state index in [1.807, 2.05) is 0 Å². The van der Waals surface area contributed by atoms with Gasteiger partial charge in [-0.15, -0.1) is 0 Å². The first-order valence-corrected chi connectivity index (χ1v) is 6.59. The van der Waals surface area contributed by atoms with Gasteiger partial charge in [0, 0.05) is 12.5 Å². The highest BCUT2D eigenvalue weighted by molar-refractivity contribution is 5.78. The Kier molecular flexibility index (Phi) is 3.66. The number of carbonyl (C=O) groups excluding carboxylic acids is 1. The van der Waals surface area contributed by atoms with Crippen molar-refractivity contribution in [1.29, 1.82) is 0 Å². The third-order valence-corrected chi connectivity index (χ3v) is 4.16. The minimum atomic E-state index is 0.280. The Bertz CT molecular complexity index is 221. The molecule has 0 bridgehead atoms. The van der Waals surface area contributed by atoms with Gasteiger partial charge in [0.15, 0.2) is 0 Å². The maximum absolute atomic E-state index is 11.4. The summed E-state index contributed by atoms with van der Waals surface area (Å²) in [6.45, 7) is 2.18. The van der Waals surface area contributed by atoms with E-state index in [2.05, 4.69) is 12.2 Å². The van der Waals surface area contributed by atoms with Crippen molar-refractivity contribution < 1.29 is 4.79 Å². The molecule has 1 N–H and O–H groups in total. The van der Waals surface area contributed by atoms with Crippen LogP contribution in [-0.4, -0.2) is 11.9 Å². The number of rotatable bonds is 3. The molecule has 1 aliphatic carbocycles. The maximum atomic E-state index is 11.4. The van der Waals surface area contributed by atoms with E-state index in [1.165, 1.54) is 38.5 Å². The molecule has 0 radical (unpaired) electrons. The van der Waals surface area contributed by atoms with Crippen LogP contribution in [0.5, 0.6) is 0 Å². The molecule has 2 aliphatic rings. The smallest absolute Gasteiger partial charge is 0.220 e. The Balaban J connectivity index is 1.84. The van der Waals surface area contributed by atoms with Crippen molar-refractivity contribution in [3.05, 3.63) is 0 Å². The van der Waals surface area contributed by atoms with Crippen LogP contribution in [0.25, 0.3) is 0 Å². The largest absolute Gasteiger partial charge is 0.353 e. The first-order chi connectivity index (χ1) is 7.29. The minimum Gasteiger partial charge on any atom is -0.353 e. The predicted octanol–water partition coefficient (Wildman–Crippen LogP) is 2.87. The molecule has 1 amide bonds. The van der Waals surface area contributed by atoms with Gasteiger partial charge in [-0.05, 0) is 24.7 Å². The zero-order valence-corrected chi connectivity index (χ0v) is 9.80. The summed E-state index contributed by atoms with van der Waals surface area (Å²) in [5.74, 6) is 1.82. The van der Waals surface area contributed by atoms with Crippen LogP contribution in [0, 0.1) is 11.8 Å². The van der Waals surface area contributed by atoms with Crippen molar-refractivity contribution in [2.75, 3.05) is 0 Å². The highest BCUT2D eigenvalue weighted by Crippen LogP contribution is 2.33. The highest BCUT2D eigenvalue weighted by atomic mass is 16.1. The molecule has 2 unspecified atom stereocenters. The molecule has 1 saturated heterocycles. The zero-order valence-electron chi connectivity index (χ0n) is 9.80. The molecule has 1 saturated carbocycles. The van der Waals surface area contributed by atoms with E-state index in [0.717, 1.165) is 18.8 Å². The second kappa shape index (κ2) is 5.00. The van der Waals surface area contributed by atoms with Gasteiger partial charge in [-0.1, -0.05) is 39.0 Å². The van der Waals surface area contributed by atoms with E-state index in [4.69, 9.17) is 0 Å². The van der Waals surface area contributed by atoms with Crippen molar-refractivity contribution in [2.24, 2.45) is 11.8 Å². The molecule has 15 heavy (non-hydrogen) atoms. The summed E-state index contributed by atoms with van der Waals surface area (Å²) in [6, 6.07) is 0.472. The first-order valence-electron chi connectivity index (χ1n) is 6.59. The number of nitrogens with one attached hydrogen (secondary N) is 1. The maximum Gasteiger partial charge on any atom is 0.220 e. The molecule has 0 aromatic heterocycles. The third-order valence-electron chi connectivity index (χ3n) is 4.16. The first kappa shape index (κ1) is 11.0. The number of amides is 1. The monoisotopic (exact) mass is 209 g/mol. The second-order valence-corrected chi connectivity index (χ2v) is 5.29. The van der Waals surface area contributed by atoms with Gasteiger partial charge in [0.1, 0.15) is 0 Å². The number of carbonyl (C=O) groups is 1. The predicted molar refractivity (Wildman–Crippen MR) is 61.5 cm³/mol. The van der Waals surface area contributed by atoms with Gasteiger partial charge in [-0.2, -0.15) is 0 Å². The summed E-state index contributed by atoms with van der Waals surface area (Å²) in [4.78, 5) is 11.4. The highest BCUT2D eigenvalue weighted by Gasteiger charge is 2.32. The van der Waals surface area contributed by atoms with Crippen LogP contribution in [0.4, 0.5) is 0 Å². The zero-order chi connectivity index (χ0) is 10.7. The summed E-state index contributed by atoms with van der Waals surface area (Å²) < 4.78 is 0. The summed E-state index contributed by atoms with van der Waals surface area (Å²) in [7, 11) is 0. The summed E-state index contributed by atoms with van der Waals surface area (Å²) in [5.41, 5.74) is 0. The Morgan fingerprint density at radius 1 is 1.27 bits per heavy atom. The molecule has 0 spiro atoms.